The average Bonchev–Trinajstić information content (AvgIpc) is 2.52. The summed E-state index contributed by atoms with van der Waals surface area (Å²) in [4.78, 5) is 24.2. The van der Waals surface area contributed by atoms with Crippen molar-refractivity contribution in [2.45, 2.75) is 19.0 Å². The summed E-state index contributed by atoms with van der Waals surface area (Å²) in [7, 11) is 1.59. The van der Waals surface area contributed by atoms with Gasteiger partial charge in [-0.05, 0) is 23.8 Å². The number of alkyl halides is 3. The monoisotopic (exact) mass is 257 g/mol. The number of carbonyl (C=O) groups excluding carboxylic acids is 2. The Morgan fingerprint density at radius 1 is 1.39 bits per heavy atom. The first-order chi connectivity index (χ1) is 8.28. The van der Waals surface area contributed by atoms with Crippen LogP contribution in [0, 0.1) is 0 Å². The zero-order valence-corrected chi connectivity index (χ0v) is 9.54. The third-order valence-corrected chi connectivity index (χ3v) is 2.84. The van der Waals surface area contributed by atoms with Crippen LogP contribution in [-0.4, -0.2) is 24.9 Å². The van der Waals surface area contributed by atoms with Gasteiger partial charge in [0.15, 0.2) is 5.78 Å². The molecule has 1 aromatic rings. The standard InChI is InChI=1S/C12H10F3NO2/c1-16-9-3-2-7(4-8(9)5-11(16)18)10(17)6-12(13,14)15/h2-4H,5-6H2,1H3. The molecule has 96 valence electrons. The molecule has 0 saturated heterocycles. The zero-order valence-electron chi connectivity index (χ0n) is 9.54. The molecule has 0 saturated carbocycles. The molecule has 0 fully saturated rings. The second kappa shape index (κ2) is 4.12. The van der Waals surface area contributed by atoms with Gasteiger partial charge in [0, 0.05) is 18.3 Å². The van der Waals surface area contributed by atoms with Crippen LogP contribution in [0.15, 0.2) is 18.2 Å². The molecule has 1 amide bonds. The van der Waals surface area contributed by atoms with Crippen LogP contribution >= 0.6 is 0 Å². The zero-order chi connectivity index (χ0) is 13.5. The lowest BCUT2D eigenvalue weighted by Gasteiger charge is -2.10. The van der Waals surface area contributed by atoms with E-state index in [1.54, 1.807) is 7.05 Å². The molecule has 0 atom stereocenters. The number of halogens is 3. The number of Topliss-reactive ketones (excluding diaryl/α,β-unsaturated/α-hetero) is 1. The Bertz CT molecular complexity index is 523. The maximum atomic E-state index is 12.1. The highest BCUT2D eigenvalue weighted by molar-refractivity contribution is 6.03. The van der Waals surface area contributed by atoms with E-state index in [9.17, 15) is 22.8 Å². The molecule has 18 heavy (non-hydrogen) atoms. The maximum absolute atomic E-state index is 12.1. The van der Waals surface area contributed by atoms with Gasteiger partial charge in [-0.25, -0.2) is 0 Å². The van der Waals surface area contributed by atoms with Gasteiger partial charge in [0.2, 0.25) is 5.91 Å². The van der Waals surface area contributed by atoms with Crippen molar-refractivity contribution in [3.63, 3.8) is 0 Å². The van der Waals surface area contributed by atoms with Crippen LogP contribution in [0.5, 0.6) is 0 Å². The summed E-state index contributed by atoms with van der Waals surface area (Å²) in [6, 6.07) is 4.19. The summed E-state index contributed by atoms with van der Waals surface area (Å²) < 4.78 is 36.3. The van der Waals surface area contributed by atoms with Crippen molar-refractivity contribution in [3.05, 3.63) is 29.3 Å². The van der Waals surface area contributed by atoms with Crippen LogP contribution in [0.1, 0.15) is 22.3 Å². The number of likely N-dealkylation sites (N-methyl/N-ethyl adjacent to an activating group) is 1. The van der Waals surface area contributed by atoms with Crippen molar-refractivity contribution >= 4 is 17.4 Å². The van der Waals surface area contributed by atoms with E-state index in [4.69, 9.17) is 0 Å². The van der Waals surface area contributed by atoms with E-state index in [0.29, 0.717) is 11.3 Å². The molecule has 0 N–H and O–H groups in total. The SMILES string of the molecule is CN1C(=O)Cc2cc(C(=O)CC(F)(F)F)ccc21. The van der Waals surface area contributed by atoms with Crippen LogP contribution < -0.4 is 4.90 Å². The van der Waals surface area contributed by atoms with Gasteiger partial charge in [-0.2, -0.15) is 13.2 Å². The van der Waals surface area contributed by atoms with Gasteiger partial charge >= 0.3 is 6.18 Å². The highest BCUT2D eigenvalue weighted by atomic mass is 19.4. The van der Waals surface area contributed by atoms with Gasteiger partial charge in [0.1, 0.15) is 6.42 Å². The lowest BCUT2D eigenvalue weighted by atomic mass is 10.0. The number of benzene rings is 1. The molecular formula is C12H10F3NO2. The first kappa shape index (κ1) is 12.6. The third kappa shape index (κ3) is 2.37. The number of hydrogen-bond donors (Lipinski definition) is 0. The largest absolute Gasteiger partial charge is 0.396 e. The fraction of sp³-hybridized carbons (Fsp3) is 0.333. The fourth-order valence-electron chi connectivity index (χ4n) is 1.93. The number of anilines is 1. The first-order valence-electron chi connectivity index (χ1n) is 5.27. The summed E-state index contributed by atoms with van der Waals surface area (Å²) in [5, 5.41) is 0. The maximum Gasteiger partial charge on any atom is 0.396 e. The molecule has 0 spiro atoms. The van der Waals surface area contributed by atoms with E-state index >= 15 is 0 Å². The van der Waals surface area contributed by atoms with Crippen LogP contribution in [0.3, 0.4) is 0 Å². The second-order valence-electron chi connectivity index (χ2n) is 4.19. The number of hydrogen-bond acceptors (Lipinski definition) is 2. The number of fused-ring (bicyclic) bond motifs is 1. The Hall–Kier alpha value is -1.85. The fourth-order valence-corrected chi connectivity index (χ4v) is 1.93. The predicted molar refractivity (Wildman–Crippen MR) is 58.6 cm³/mol. The van der Waals surface area contributed by atoms with Crippen molar-refractivity contribution in [2.24, 2.45) is 0 Å². The summed E-state index contributed by atoms with van der Waals surface area (Å²) in [5.74, 6) is -1.11. The summed E-state index contributed by atoms with van der Waals surface area (Å²) in [6.45, 7) is 0. The Balaban J connectivity index is 2.26. The molecular weight excluding hydrogens is 247 g/mol. The number of rotatable bonds is 2. The highest BCUT2D eigenvalue weighted by Gasteiger charge is 2.32. The van der Waals surface area contributed by atoms with Gasteiger partial charge in [-0.15, -0.1) is 0 Å². The Kier molecular flexibility index (Phi) is 2.88. The molecule has 2 rings (SSSR count). The number of carbonyl (C=O) groups is 2. The van der Waals surface area contributed by atoms with Gasteiger partial charge < -0.3 is 4.90 Å². The highest BCUT2D eigenvalue weighted by Crippen LogP contribution is 2.30. The molecule has 1 heterocycles. The van der Waals surface area contributed by atoms with E-state index in [-0.39, 0.29) is 17.9 Å². The normalized spacial score (nSPS) is 14.9. The molecule has 6 heteroatoms. The minimum Gasteiger partial charge on any atom is -0.315 e. The summed E-state index contributed by atoms with van der Waals surface area (Å²) in [5.41, 5.74) is 1.23. The van der Waals surface area contributed by atoms with Gasteiger partial charge in [0.25, 0.3) is 0 Å². The van der Waals surface area contributed by atoms with Crippen LogP contribution in [-0.2, 0) is 11.2 Å². The van der Waals surface area contributed by atoms with Crippen LogP contribution in [0.4, 0.5) is 18.9 Å². The van der Waals surface area contributed by atoms with E-state index in [0.717, 1.165) is 0 Å². The molecule has 3 nitrogen and oxygen atoms in total. The van der Waals surface area contributed by atoms with Crippen molar-refractivity contribution in [3.8, 4) is 0 Å². The topological polar surface area (TPSA) is 37.4 Å². The van der Waals surface area contributed by atoms with Crippen LogP contribution in [0.25, 0.3) is 0 Å². The second-order valence-corrected chi connectivity index (χ2v) is 4.19. The molecule has 1 aliphatic heterocycles. The minimum atomic E-state index is -4.51. The number of amides is 1. The molecule has 0 aromatic heterocycles. The predicted octanol–water partition coefficient (Wildman–Crippen LogP) is 2.34. The van der Waals surface area contributed by atoms with Crippen LogP contribution in [0.2, 0.25) is 0 Å². The van der Waals surface area contributed by atoms with E-state index < -0.39 is 18.4 Å². The molecule has 0 bridgehead atoms. The Morgan fingerprint density at radius 3 is 2.67 bits per heavy atom. The van der Waals surface area contributed by atoms with E-state index in [1.165, 1.54) is 23.1 Å². The molecule has 0 aliphatic carbocycles. The molecule has 0 unspecified atom stereocenters. The van der Waals surface area contributed by atoms with Crippen molar-refractivity contribution in [1.29, 1.82) is 0 Å². The molecule has 0 radical (unpaired) electrons. The minimum absolute atomic E-state index is 0.00539. The number of nitrogens with zero attached hydrogens (tertiary/aromatic N) is 1. The Labute approximate surface area is 101 Å². The van der Waals surface area contributed by atoms with E-state index in [2.05, 4.69) is 0 Å². The first-order valence-corrected chi connectivity index (χ1v) is 5.27. The lowest BCUT2D eigenvalue weighted by molar-refractivity contribution is -0.125. The average molecular weight is 257 g/mol. The summed E-state index contributed by atoms with van der Waals surface area (Å²) in [6.07, 6.45) is -5.86. The van der Waals surface area contributed by atoms with Gasteiger partial charge in [0.05, 0.1) is 6.42 Å². The third-order valence-electron chi connectivity index (χ3n) is 2.84. The smallest absolute Gasteiger partial charge is 0.315 e. The van der Waals surface area contributed by atoms with E-state index in [1.807, 2.05) is 0 Å². The van der Waals surface area contributed by atoms with Crippen molar-refractivity contribution in [1.82, 2.24) is 0 Å². The molecule has 1 aromatic carbocycles. The Morgan fingerprint density at radius 2 is 2.06 bits per heavy atom. The lowest BCUT2D eigenvalue weighted by Crippen LogP contribution is -2.20. The van der Waals surface area contributed by atoms with Crippen molar-refractivity contribution < 1.29 is 22.8 Å². The van der Waals surface area contributed by atoms with Gasteiger partial charge in [-0.3, -0.25) is 9.59 Å². The number of ketones is 1. The summed E-state index contributed by atoms with van der Waals surface area (Å²) >= 11 is 0. The quantitative estimate of drug-likeness (QED) is 0.762. The molecule has 1 aliphatic rings. The van der Waals surface area contributed by atoms with Crippen molar-refractivity contribution in [2.75, 3.05) is 11.9 Å². The van der Waals surface area contributed by atoms with Gasteiger partial charge in [-0.1, -0.05) is 0 Å².